The first-order chi connectivity index (χ1) is 5.65. The summed E-state index contributed by atoms with van der Waals surface area (Å²) >= 11 is 0. The minimum absolute atomic E-state index is 0.189. The van der Waals surface area contributed by atoms with Crippen LogP contribution in [-0.4, -0.2) is 27.7 Å². The van der Waals surface area contributed by atoms with Gasteiger partial charge in [0, 0.05) is 0 Å². The molecule has 0 radical (unpaired) electrons. The lowest BCUT2D eigenvalue weighted by Gasteiger charge is -1.94. The first-order valence-corrected chi connectivity index (χ1v) is 3.33. The van der Waals surface area contributed by atoms with E-state index >= 15 is 0 Å². The van der Waals surface area contributed by atoms with Gasteiger partial charge >= 0.3 is 5.97 Å². The minimum atomic E-state index is -0.744. The van der Waals surface area contributed by atoms with Crippen LogP contribution in [0.25, 0.3) is 0 Å². The first-order valence-electron chi connectivity index (χ1n) is 3.33. The molecule has 6 nitrogen and oxygen atoms in total. The van der Waals surface area contributed by atoms with E-state index in [2.05, 4.69) is 4.74 Å². The van der Waals surface area contributed by atoms with Gasteiger partial charge in [0.1, 0.15) is 5.56 Å². The van der Waals surface area contributed by atoms with Gasteiger partial charge in [0.25, 0.3) is 5.56 Å². The van der Waals surface area contributed by atoms with Gasteiger partial charge in [0.05, 0.1) is 12.8 Å². The van der Waals surface area contributed by atoms with E-state index < -0.39 is 11.5 Å². The molecule has 0 fully saturated rings. The van der Waals surface area contributed by atoms with Gasteiger partial charge in [-0.05, 0) is 6.92 Å². The van der Waals surface area contributed by atoms with E-state index in [0.29, 0.717) is 4.85 Å². The van der Waals surface area contributed by atoms with Crippen molar-refractivity contribution in [1.29, 1.82) is 0 Å². The van der Waals surface area contributed by atoms with E-state index in [9.17, 15) is 9.59 Å². The summed E-state index contributed by atoms with van der Waals surface area (Å²) in [4.78, 5) is 22.1. The molecule has 0 amide bonds. The molecule has 1 aromatic rings. The van der Waals surface area contributed by atoms with Gasteiger partial charge in [-0.15, -0.1) is 4.85 Å². The number of hydrogen-bond donors (Lipinski definition) is 2. The minimum Gasteiger partial charge on any atom is -0.462 e. The van der Waals surface area contributed by atoms with E-state index in [-0.39, 0.29) is 12.2 Å². The Morgan fingerprint density at radius 3 is 2.92 bits per heavy atom. The summed E-state index contributed by atoms with van der Waals surface area (Å²) < 4.78 is 4.54. The van der Waals surface area contributed by atoms with Gasteiger partial charge in [-0.1, -0.05) is 0 Å². The predicted octanol–water partition coefficient (Wildman–Crippen LogP) is -0.410. The quantitative estimate of drug-likeness (QED) is 0.469. The summed E-state index contributed by atoms with van der Waals surface area (Å²) in [5, 5.41) is 10.7. The molecule has 0 unspecified atom stereocenters. The Morgan fingerprint density at radius 2 is 2.50 bits per heavy atom. The van der Waals surface area contributed by atoms with Crippen molar-refractivity contribution in [2.75, 3.05) is 6.61 Å². The Bertz CT molecular complexity index is 338. The van der Waals surface area contributed by atoms with Crippen LogP contribution in [0.4, 0.5) is 0 Å². The molecule has 0 saturated heterocycles. The Kier molecular flexibility index (Phi) is 2.18. The van der Waals surface area contributed by atoms with Crippen molar-refractivity contribution in [2.24, 2.45) is 0 Å². The third-order valence-corrected chi connectivity index (χ3v) is 1.21. The lowest BCUT2D eigenvalue weighted by Crippen LogP contribution is -2.14. The molecule has 0 spiro atoms. The van der Waals surface area contributed by atoms with E-state index in [1.807, 2.05) is 5.10 Å². The van der Waals surface area contributed by atoms with E-state index in [1.54, 1.807) is 6.92 Å². The Hall–Kier alpha value is -1.72. The normalized spacial score (nSPS) is 9.75. The monoisotopic (exact) mass is 172 g/mol. The summed E-state index contributed by atoms with van der Waals surface area (Å²) in [7, 11) is 0. The van der Waals surface area contributed by atoms with Gasteiger partial charge in [-0.2, -0.15) is 0 Å². The first kappa shape index (κ1) is 8.38. The maximum Gasteiger partial charge on any atom is 0.345 e. The Morgan fingerprint density at radius 1 is 1.83 bits per heavy atom. The smallest absolute Gasteiger partial charge is 0.345 e. The number of esters is 1. The molecule has 0 atom stereocenters. The largest absolute Gasteiger partial charge is 0.462 e. The van der Waals surface area contributed by atoms with E-state index in [1.165, 1.54) is 0 Å². The average Bonchev–Trinajstić information content (AvgIpc) is 2.30. The molecular formula is C6H8N2O4. The summed E-state index contributed by atoms with van der Waals surface area (Å²) in [5.74, 6) is -0.744. The molecule has 0 saturated carbocycles. The van der Waals surface area contributed by atoms with Gasteiger partial charge in [0.2, 0.25) is 0 Å². The Labute approximate surface area is 67.3 Å². The number of hydrogen-bond acceptors (Lipinski definition) is 4. The zero-order valence-corrected chi connectivity index (χ0v) is 6.40. The molecule has 1 aromatic heterocycles. The zero-order valence-electron chi connectivity index (χ0n) is 6.40. The standard InChI is InChI=1S/C6H8N2O4/c1-2-12-6(10)4-3-8(11)7-5(4)9/h3,11H,2H2,1H3,(H,7,9). The van der Waals surface area contributed by atoms with Crippen LogP contribution in [0.2, 0.25) is 0 Å². The fourth-order valence-corrected chi connectivity index (χ4v) is 0.732. The van der Waals surface area contributed by atoms with Gasteiger partial charge in [-0.3, -0.25) is 4.79 Å². The fraction of sp³-hybridized carbons (Fsp3) is 0.333. The molecule has 0 aliphatic rings. The second-order valence-corrected chi connectivity index (χ2v) is 2.05. The van der Waals surface area contributed by atoms with E-state index in [4.69, 9.17) is 5.21 Å². The SMILES string of the molecule is CCOC(=O)c1cn(O)[nH]c1=O. The molecule has 0 aromatic carbocycles. The van der Waals surface area contributed by atoms with Crippen molar-refractivity contribution in [3.05, 3.63) is 22.1 Å². The maximum absolute atomic E-state index is 10.9. The number of H-pyrrole nitrogens is 1. The topological polar surface area (TPSA) is 84.3 Å². The molecule has 6 heteroatoms. The summed E-state index contributed by atoms with van der Waals surface area (Å²) in [5.41, 5.74) is -0.879. The van der Waals surface area contributed by atoms with Crippen molar-refractivity contribution >= 4 is 5.97 Å². The third kappa shape index (κ3) is 1.47. The summed E-state index contributed by atoms with van der Waals surface area (Å²) in [6.45, 7) is 1.82. The van der Waals surface area contributed by atoms with Crippen LogP contribution in [-0.2, 0) is 4.74 Å². The van der Waals surface area contributed by atoms with Crippen molar-refractivity contribution in [2.45, 2.75) is 6.92 Å². The number of carbonyl (C=O) groups is 1. The average molecular weight is 172 g/mol. The van der Waals surface area contributed by atoms with Crippen LogP contribution < -0.4 is 5.56 Å². The number of ether oxygens (including phenoxy) is 1. The Balaban J connectivity index is 2.95. The number of nitrogens with one attached hydrogen (secondary N) is 1. The van der Waals surface area contributed by atoms with Crippen molar-refractivity contribution < 1.29 is 14.7 Å². The van der Waals surface area contributed by atoms with Gasteiger partial charge in [-0.25, -0.2) is 9.89 Å². The van der Waals surface area contributed by atoms with E-state index in [0.717, 1.165) is 6.20 Å². The predicted molar refractivity (Wildman–Crippen MR) is 38.2 cm³/mol. The van der Waals surface area contributed by atoms with Crippen LogP contribution >= 0.6 is 0 Å². The summed E-state index contributed by atoms with van der Waals surface area (Å²) in [6.07, 6.45) is 0.959. The van der Waals surface area contributed by atoms with Crippen molar-refractivity contribution in [1.82, 2.24) is 9.94 Å². The van der Waals surface area contributed by atoms with Crippen molar-refractivity contribution in [3.63, 3.8) is 0 Å². The number of carbonyl (C=O) groups excluding carboxylic acids is 1. The van der Waals surface area contributed by atoms with Crippen LogP contribution in [0.1, 0.15) is 17.3 Å². The second kappa shape index (κ2) is 3.12. The molecule has 0 bridgehead atoms. The van der Waals surface area contributed by atoms with Crippen LogP contribution in [0, 0.1) is 0 Å². The highest BCUT2D eigenvalue weighted by atomic mass is 16.5. The maximum atomic E-state index is 10.9. The highest BCUT2D eigenvalue weighted by Gasteiger charge is 2.13. The lowest BCUT2D eigenvalue weighted by atomic mass is 10.4. The lowest BCUT2D eigenvalue weighted by molar-refractivity contribution is 0.0523. The molecule has 2 N–H and O–H groups in total. The molecule has 0 aliphatic heterocycles. The summed E-state index contributed by atoms with van der Waals surface area (Å²) in [6, 6.07) is 0. The van der Waals surface area contributed by atoms with Crippen LogP contribution in [0.3, 0.4) is 0 Å². The molecule has 0 aliphatic carbocycles. The molecule has 1 rings (SSSR count). The molecule has 66 valence electrons. The number of nitrogens with zero attached hydrogens (tertiary/aromatic N) is 1. The molecular weight excluding hydrogens is 164 g/mol. The second-order valence-electron chi connectivity index (χ2n) is 2.05. The highest BCUT2D eigenvalue weighted by Crippen LogP contribution is 1.92. The number of aromatic nitrogens is 2. The van der Waals surface area contributed by atoms with Gasteiger partial charge in [0.15, 0.2) is 0 Å². The van der Waals surface area contributed by atoms with Crippen LogP contribution in [0.5, 0.6) is 0 Å². The number of rotatable bonds is 2. The highest BCUT2D eigenvalue weighted by molar-refractivity contribution is 5.88. The number of aromatic amines is 1. The fourth-order valence-electron chi connectivity index (χ4n) is 0.732. The van der Waals surface area contributed by atoms with Crippen molar-refractivity contribution in [3.8, 4) is 0 Å². The third-order valence-electron chi connectivity index (χ3n) is 1.21. The van der Waals surface area contributed by atoms with Crippen LogP contribution in [0.15, 0.2) is 11.0 Å². The zero-order chi connectivity index (χ0) is 9.14. The molecule has 12 heavy (non-hydrogen) atoms. The van der Waals surface area contributed by atoms with Gasteiger partial charge < -0.3 is 9.94 Å². The molecule has 1 heterocycles.